The number of non-ortho nitro benzene ring substituents is 1. The van der Waals surface area contributed by atoms with Gasteiger partial charge in [0.1, 0.15) is 0 Å². The van der Waals surface area contributed by atoms with E-state index in [1.165, 1.54) is 18.9 Å². The molecule has 0 unspecified atom stereocenters. The van der Waals surface area contributed by atoms with E-state index < -0.39 is 0 Å². The molecular formula is C12H10INO2S. The quantitative estimate of drug-likeness (QED) is 0.449. The second-order valence-corrected chi connectivity index (χ2v) is 6.03. The van der Waals surface area contributed by atoms with Gasteiger partial charge in [-0.1, -0.05) is 0 Å². The van der Waals surface area contributed by atoms with Crippen LogP contribution in [-0.4, -0.2) is 4.92 Å². The van der Waals surface area contributed by atoms with E-state index in [-0.39, 0.29) is 10.6 Å². The molecule has 0 N–H and O–H groups in total. The predicted octanol–water partition coefficient (Wildman–Crippen LogP) is 4.54. The van der Waals surface area contributed by atoms with Crippen molar-refractivity contribution in [1.82, 2.24) is 0 Å². The van der Waals surface area contributed by atoms with Crippen LogP contribution >= 0.6 is 33.9 Å². The molecule has 5 heteroatoms. The lowest BCUT2D eigenvalue weighted by Crippen LogP contribution is -1.87. The van der Waals surface area contributed by atoms with Crippen LogP contribution in [0.1, 0.15) is 10.4 Å². The summed E-state index contributed by atoms with van der Waals surface area (Å²) >= 11 is 4.07. The molecule has 0 spiro atoms. The summed E-state index contributed by atoms with van der Waals surface area (Å²) in [5.74, 6) is 0. The van der Waals surface area contributed by atoms with Crippen molar-refractivity contribution in [2.75, 3.05) is 0 Å². The first-order chi connectivity index (χ1) is 8.00. The molecule has 0 saturated carbocycles. The van der Waals surface area contributed by atoms with Gasteiger partial charge in [-0.2, -0.15) is 0 Å². The third-order valence-corrected chi connectivity index (χ3v) is 5.81. The third-order valence-electron chi connectivity index (χ3n) is 2.57. The van der Waals surface area contributed by atoms with Crippen molar-refractivity contribution in [2.24, 2.45) is 0 Å². The molecule has 1 heterocycles. The summed E-state index contributed by atoms with van der Waals surface area (Å²) in [4.78, 5) is 12.7. The van der Waals surface area contributed by atoms with Gasteiger partial charge in [-0.15, -0.1) is 11.3 Å². The molecule has 0 fully saturated rings. The third kappa shape index (κ3) is 2.35. The fourth-order valence-corrected chi connectivity index (χ4v) is 3.49. The topological polar surface area (TPSA) is 43.1 Å². The molecule has 0 amide bonds. The summed E-state index contributed by atoms with van der Waals surface area (Å²) in [6.07, 6.45) is 0. The average Bonchev–Trinajstić information content (AvgIpc) is 2.57. The predicted molar refractivity (Wildman–Crippen MR) is 78.6 cm³/mol. The number of hydrogen-bond acceptors (Lipinski definition) is 3. The SMILES string of the molecule is Cc1sc(-c2ccc([N+](=O)[O-])cc2)c(C)c1I. The number of nitrogens with zero attached hydrogens (tertiary/aromatic N) is 1. The Labute approximate surface area is 117 Å². The first kappa shape index (κ1) is 12.5. The van der Waals surface area contributed by atoms with E-state index >= 15 is 0 Å². The number of halogens is 1. The lowest BCUT2D eigenvalue weighted by molar-refractivity contribution is -0.384. The minimum absolute atomic E-state index is 0.134. The second kappa shape index (κ2) is 4.73. The van der Waals surface area contributed by atoms with E-state index in [2.05, 4.69) is 36.4 Å². The summed E-state index contributed by atoms with van der Waals surface area (Å²) in [7, 11) is 0. The van der Waals surface area contributed by atoms with Crippen molar-refractivity contribution in [2.45, 2.75) is 13.8 Å². The molecule has 2 rings (SSSR count). The van der Waals surface area contributed by atoms with Crippen LogP contribution in [0.25, 0.3) is 10.4 Å². The van der Waals surface area contributed by atoms with Crippen LogP contribution in [0.2, 0.25) is 0 Å². The van der Waals surface area contributed by atoms with Crippen LogP contribution in [-0.2, 0) is 0 Å². The fourth-order valence-electron chi connectivity index (χ4n) is 1.65. The first-order valence-electron chi connectivity index (χ1n) is 5.01. The number of rotatable bonds is 2. The van der Waals surface area contributed by atoms with E-state index in [9.17, 15) is 10.1 Å². The Morgan fingerprint density at radius 2 is 1.82 bits per heavy atom. The summed E-state index contributed by atoms with van der Waals surface area (Å²) in [6, 6.07) is 6.73. The zero-order valence-electron chi connectivity index (χ0n) is 9.36. The van der Waals surface area contributed by atoms with E-state index in [4.69, 9.17) is 0 Å². The average molecular weight is 359 g/mol. The molecule has 0 aliphatic rings. The highest BCUT2D eigenvalue weighted by molar-refractivity contribution is 14.1. The van der Waals surface area contributed by atoms with Gasteiger partial charge >= 0.3 is 0 Å². The molecule has 0 atom stereocenters. The Kier molecular flexibility index (Phi) is 3.48. The van der Waals surface area contributed by atoms with E-state index in [1.54, 1.807) is 23.5 Å². The molecule has 0 bridgehead atoms. The summed E-state index contributed by atoms with van der Waals surface area (Å²) in [5.41, 5.74) is 2.43. The molecule has 88 valence electrons. The van der Waals surface area contributed by atoms with E-state index in [0.717, 1.165) is 5.56 Å². The molecule has 17 heavy (non-hydrogen) atoms. The number of nitro benzene ring substituents is 1. The Morgan fingerprint density at radius 3 is 2.24 bits per heavy atom. The van der Waals surface area contributed by atoms with Gasteiger partial charge in [-0.3, -0.25) is 10.1 Å². The van der Waals surface area contributed by atoms with Crippen LogP contribution in [0.5, 0.6) is 0 Å². The van der Waals surface area contributed by atoms with Crippen molar-refractivity contribution in [3.05, 3.63) is 48.4 Å². The zero-order chi connectivity index (χ0) is 12.6. The minimum Gasteiger partial charge on any atom is -0.258 e. The van der Waals surface area contributed by atoms with Crippen molar-refractivity contribution >= 4 is 39.6 Å². The normalized spacial score (nSPS) is 10.5. The first-order valence-corrected chi connectivity index (χ1v) is 6.90. The molecule has 0 radical (unpaired) electrons. The van der Waals surface area contributed by atoms with Crippen molar-refractivity contribution < 1.29 is 4.92 Å². The summed E-state index contributed by atoms with van der Waals surface area (Å²) in [6.45, 7) is 4.18. The van der Waals surface area contributed by atoms with Crippen LogP contribution < -0.4 is 0 Å². The van der Waals surface area contributed by atoms with Gasteiger partial charge in [0, 0.05) is 25.5 Å². The van der Waals surface area contributed by atoms with Crippen LogP contribution in [0, 0.1) is 27.5 Å². The number of thiophene rings is 1. The zero-order valence-corrected chi connectivity index (χ0v) is 12.3. The molecule has 1 aromatic heterocycles. The molecule has 2 aromatic rings. The maximum Gasteiger partial charge on any atom is 0.269 e. The van der Waals surface area contributed by atoms with Crippen molar-refractivity contribution in [3.63, 3.8) is 0 Å². The van der Waals surface area contributed by atoms with Gasteiger partial charge in [0.25, 0.3) is 5.69 Å². The van der Waals surface area contributed by atoms with E-state index in [1.807, 2.05) is 12.1 Å². The summed E-state index contributed by atoms with van der Waals surface area (Å²) < 4.78 is 1.28. The van der Waals surface area contributed by atoms with Gasteiger partial charge in [0.15, 0.2) is 0 Å². The van der Waals surface area contributed by atoms with Gasteiger partial charge in [0.2, 0.25) is 0 Å². The van der Waals surface area contributed by atoms with Crippen molar-refractivity contribution in [1.29, 1.82) is 0 Å². The van der Waals surface area contributed by atoms with Crippen molar-refractivity contribution in [3.8, 4) is 10.4 Å². The number of nitro groups is 1. The Hall–Kier alpha value is -0.950. The highest BCUT2D eigenvalue weighted by Gasteiger charge is 2.12. The van der Waals surface area contributed by atoms with Crippen LogP contribution in [0.3, 0.4) is 0 Å². The maximum absolute atomic E-state index is 10.6. The molecule has 1 aromatic carbocycles. The van der Waals surface area contributed by atoms with Crippen LogP contribution in [0.4, 0.5) is 5.69 Å². The highest BCUT2D eigenvalue weighted by atomic mass is 127. The smallest absolute Gasteiger partial charge is 0.258 e. The fraction of sp³-hybridized carbons (Fsp3) is 0.167. The Balaban J connectivity index is 2.47. The minimum atomic E-state index is -0.375. The molecular weight excluding hydrogens is 349 g/mol. The van der Waals surface area contributed by atoms with Gasteiger partial charge < -0.3 is 0 Å². The molecule has 0 saturated heterocycles. The van der Waals surface area contributed by atoms with Gasteiger partial charge in [0.05, 0.1) is 4.92 Å². The highest BCUT2D eigenvalue weighted by Crippen LogP contribution is 2.36. The number of aryl methyl sites for hydroxylation is 1. The Bertz CT molecular complexity index is 575. The maximum atomic E-state index is 10.6. The van der Waals surface area contributed by atoms with E-state index in [0.29, 0.717) is 0 Å². The molecule has 3 nitrogen and oxygen atoms in total. The monoisotopic (exact) mass is 359 g/mol. The Morgan fingerprint density at radius 1 is 1.24 bits per heavy atom. The second-order valence-electron chi connectivity index (χ2n) is 3.73. The lowest BCUT2D eigenvalue weighted by Gasteiger charge is -1.99. The number of hydrogen-bond donors (Lipinski definition) is 0. The van der Waals surface area contributed by atoms with Gasteiger partial charge in [-0.25, -0.2) is 0 Å². The lowest BCUT2D eigenvalue weighted by atomic mass is 10.1. The number of benzene rings is 1. The summed E-state index contributed by atoms with van der Waals surface area (Å²) in [5, 5.41) is 10.6. The largest absolute Gasteiger partial charge is 0.269 e. The van der Waals surface area contributed by atoms with Crippen LogP contribution in [0.15, 0.2) is 24.3 Å². The van der Waals surface area contributed by atoms with Gasteiger partial charge in [-0.05, 0) is 59.7 Å². The standard InChI is InChI=1S/C12H10INO2S/c1-7-11(13)8(2)17-12(7)9-3-5-10(6-4-9)14(15)16/h3-6H,1-2H3. The molecule has 0 aliphatic heterocycles. The molecule has 0 aliphatic carbocycles.